The SMILES string of the molecule is COCc1nnc2sc(-c3cccc(C)c3O)nn12. The maximum absolute atomic E-state index is 10.1. The predicted octanol–water partition coefficient (Wildman–Crippen LogP) is 2.01. The van der Waals surface area contributed by atoms with Crippen molar-refractivity contribution in [2.45, 2.75) is 13.5 Å². The van der Waals surface area contributed by atoms with E-state index >= 15 is 0 Å². The maximum atomic E-state index is 10.1. The third kappa shape index (κ3) is 1.96. The van der Waals surface area contributed by atoms with Crippen molar-refractivity contribution in [1.82, 2.24) is 19.8 Å². The Balaban J connectivity index is 2.13. The van der Waals surface area contributed by atoms with Crippen molar-refractivity contribution in [2.24, 2.45) is 0 Å². The van der Waals surface area contributed by atoms with E-state index in [9.17, 15) is 5.11 Å². The fourth-order valence-electron chi connectivity index (χ4n) is 1.82. The molecule has 6 nitrogen and oxygen atoms in total. The average Bonchev–Trinajstić information content (AvgIpc) is 2.95. The zero-order valence-corrected chi connectivity index (χ0v) is 11.3. The van der Waals surface area contributed by atoms with Crippen LogP contribution >= 0.6 is 11.3 Å². The minimum Gasteiger partial charge on any atom is -0.507 e. The summed E-state index contributed by atoms with van der Waals surface area (Å²) >= 11 is 1.38. The molecule has 0 amide bonds. The van der Waals surface area contributed by atoms with Crippen LogP contribution in [-0.2, 0) is 11.3 Å². The maximum Gasteiger partial charge on any atom is 0.235 e. The molecule has 98 valence electrons. The minimum atomic E-state index is 0.251. The van der Waals surface area contributed by atoms with E-state index in [0.29, 0.717) is 28.0 Å². The number of para-hydroxylation sites is 1. The van der Waals surface area contributed by atoms with Crippen molar-refractivity contribution in [3.05, 3.63) is 29.6 Å². The van der Waals surface area contributed by atoms with Gasteiger partial charge in [-0.2, -0.15) is 9.61 Å². The van der Waals surface area contributed by atoms with E-state index in [0.717, 1.165) is 5.56 Å². The van der Waals surface area contributed by atoms with Gasteiger partial charge >= 0.3 is 0 Å². The third-order valence-corrected chi connectivity index (χ3v) is 3.73. The summed E-state index contributed by atoms with van der Waals surface area (Å²) in [7, 11) is 1.60. The van der Waals surface area contributed by atoms with Crippen molar-refractivity contribution in [2.75, 3.05) is 7.11 Å². The molecule has 0 spiro atoms. The minimum absolute atomic E-state index is 0.251. The van der Waals surface area contributed by atoms with Gasteiger partial charge in [-0.05, 0) is 18.6 Å². The van der Waals surface area contributed by atoms with Crippen LogP contribution in [0.25, 0.3) is 15.5 Å². The number of ether oxygens (including phenoxy) is 1. The molecule has 0 aliphatic heterocycles. The van der Waals surface area contributed by atoms with Crippen molar-refractivity contribution in [3.63, 3.8) is 0 Å². The summed E-state index contributed by atoms with van der Waals surface area (Å²) in [6.45, 7) is 2.21. The Labute approximate surface area is 113 Å². The number of hydrogen-bond donors (Lipinski definition) is 1. The predicted molar refractivity (Wildman–Crippen MR) is 71.2 cm³/mol. The molecule has 19 heavy (non-hydrogen) atoms. The van der Waals surface area contributed by atoms with Crippen molar-refractivity contribution in [3.8, 4) is 16.3 Å². The molecule has 0 radical (unpaired) electrons. The van der Waals surface area contributed by atoms with Crippen LogP contribution in [0.3, 0.4) is 0 Å². The second kappa shape index (κ2) is 4.60. The number of aromatic hydroxyl groups is 1. The van der Waals surface area contributed by atoms with E-state index in [4.69, 9.17) is 4.74 Å². The number of rotatable bonds is 3. The Hall–Kier alpha value is -1.99. The molecule has 0 bridgehead atoms. The molecule has 0 saturated heterocycles. The molecule has 2 heterocycles. The van der Waals surface area contributed by atoms with E-state index < -0.39 is 0 Å². The van der Waals surface area contributed by atoms with Crippen LogP contribution in [0.4, 0.5) is 0 Å². The molecule has 0 aliphatic carbocycles. The fourth-order valence-corrected chi connectivity index (χ4v) is 2.70. The molecule has 3 rings (SSSR count). The molecule has 0 aliphatic rings. The lowest BCUT2D eigenvalue weighted by molar-refractivity contribution is 0.176. The van der Waals surface area contributed by atoms with Gasteiger partial charge in [-0.1, -0.05) is 23.5 Å². The third-order valence-electron chi connectivity index (χ3n) is 2.80. The first-order chi connectivity index (χ1) is 9.20. The summed E-state index contributed by atoms with van der Waals surface area (Å²) in [5.74, 6) is 0.896. The first-order valence-electron chi connectivity index (χ1n) is 5.69. The molecule has 2 aromatic heterocycles. The van der Waals surface area contributed by atoms with Crippen molar-refractivity contribution < 1.29 is 9.84 Å². The van der Waals surface area contributed by atoms with Crippen LogP contribution in [0.1, 0.15) is 11.4 Å². The smallest absolute Gasteiger partial charge is 0.235 e. The zero-order valence-electron chi connectivity index (χ0n) is 10.5. The van der Waals surface area contributed by atoms with Gasteiger partial charge in [0.2, 0.25) is 4.96 Å². The first-order valence-corrected chi connectivity index (χ1v) is 6.51. The highest BCUT2D eigenvalue weighted by atomic mass is 32.1. The van der Waals surface area contributed by atoms with E-state index in [1.807, 2.05) is 25.1 Å². The van der Waals surface area contributed by atoms with Crippen LogP contribution in [0.2, 0.25) is 0 Å². The Bertz CT molecular complexity index is 734. The van der Waals surface area contributed by atoms with Crippen LogP contribution in [0.5, 0.6) is 5.75 Å². The van der Waals surface area contributed by atoms with Gasteiger partial charge in [0.25, 0.3) is 0 Å². The summed E-state index contributed by atoms with van der Waals surface area (Å²) in [4.78, 5) is 0.683. The number of fused-ring (bicyclic) bond motifs is 1. The molecule has 0 saturated carbocycles. The monoisotopic (exact) mass is 276 g/mol. The summed E-state index contributed by atoms with van der Waals surface area (Å²) in [6, 6.07) is 5.59. The molecule has 1 N–H and O–H groups in total. The zero-order chi connectivity index (χ0) is 13.4. The van der Waals surface area contributed by atoms with Crippen molar-refractivity contribution >= 4 is 16.3 Å². The number of nitrogens with zero attached hydrogens (tertiary/aromatic N) is 4. The highest BCUT2D eigenvalue weighted by Gasteiger charge is 2.15. The number of phenols is 1. The summed E-state index contributed by atoms with van der Waals surface area (Å²) in [5, 5.41) is 23.3. The van der Waals surface area contributed by atoms with Gasteiger partial charge in [-0.15, -0.1) is 10.2 Å². The quantitative estimate of drug-likeness (QED) is 0.792. The topological polar surface area (TPSA) is 72.5 Å². The van der Waals surface area contributed by atoms with Gasteiger partial charge in [0.15, 0.2) is 10.8 Å². The Kier molecular flexibility index (Phi) is 2.92. The van der Waals surface area contributed by atoms with E-state index in [-0.39, 0.29) is 5.75 Å². The van der Waals surface area contributed by atoms with Crippen LogP contribution < -0.4 is 0 Å². The summed E-state index contributed by atoms with van der Waals surface area (Å²) < 4.78 is 6.69. The lowest BCUT2D eigenvalue weighted by atomic mass is 10.1. The highest BCUT2D eigenvalue weighted by Crippen LogP contribution is 2.34. The summed E-state index contributed by atoms with van der Waals surface area (Å²) in [6.07, 6.45) is 0. The van der Waals surface area contributed by atoms with Gasteiger partial charge in [-0.25, -0.2) is 0 Å². The molecule has 0 fully saturated rings. The molecule has 0 atom stereocenters. The molecular weight excluding hydrogens is 264 g/mol. The lowest BCUT2D eigenvalue weighted by Gasteiger charge is -2.02. The Morgan fingerprint density at radius 3 is 3.00 bits per heavy atom. The van der Waals surface area contributed by atoms with Crippen LogP contribution in [-0.4, -0.2) is 32.0 Å². The largest absolute Gasteiger partial charge is 0.507 e. The highest BCUT2D eigenvalue weighted by molar-refractivity contribution is 7.19. The van der Waals surface area contributed by atoms with Gasteiger partial charge < -0.3 is 9.84 Å². The number of aryl methyl sites for hydroxylation is 1. The van der Waals surface area contributed by atoms with Crippen molar-refractivity contribution in [1.29, 1.82) is 0 Å². The average molecular weight is 276 g/mol. The van der Waals surface area contributed by atoms with Crippen LogP contribution in [0, 0.1) is 6.92 Å². The second-order valence-corrected chi connectivity index (χ2v) is 5.08. The van der Waals surface area contributed by atoms with E-state index in [1.54, 1.807) is 11.6 Å². The molecule has 0 unspecified atom stereocenters. The molecule has 3 aromatic rings. The number of benzene rings is 1. The Morgan fingerprint density at radius 2 is 2.21 bits per heavy atom. The van der Waals surface area contributed by atoms with Gasteiger partial charge in [0.1, 0.15) is 12.4 Å². The van der Waals surface area contributed by atoms with Gasteiger partial charge in [0, 0.05) is 7.11 Å². The molecule has 7 heteroatoms. The number of methoxy groups -OCH3 is 1. The number of aromatic nitrogens is 4. The molecular formula is C12H12N4O2S. The summed E-state index contributed by atoms with van der Waals surface area (Å²) in [5.41, 5.74) is 1.53. The van der Waals surface area contributed by atoms with Gasteiger partial charge in [0.05, 0.1) is 5.56 Å². The number of hydrogen-bond acceptors (Lipinski definition) is 6. The van der Waals surface area contributed by atoms with Gasteiger partial charge in [-0.3, -0.25) is 0 Å². The van der Waals surface area contributed by atoms with E-state index in [1.165, 1.54) is 11.3 Å². The van der Waals surface area contributed by atoms with Crippen LogP contribution in [0.15, 0.2) is 18.2 Å². The Morgan fingerprint density at radius 1 is 1.37 bits per heavy atom. The number of phenolic OH excluding ortho intramolecular Hbond substituents is 1. The first kappa shape index (κ1) is 12.1. The standard InChI is InChI=1S/C12H12N4O2S/c1-7-4-3-5-8(10(7)17)11-15-16-9(6-18-2)13-14-12(16)19-11/h3-5,17H,6H2,1-2H3. The molecule has 1 aromatic carbocycles. The normalized spacial score (nSPS) is 11.3. The lowest BCUT2D eigenvalue weighted by Crippen LogP contribution is -1.97. The fraction of sp³-hybridized carbons (Fsp3) is 0.250. The van der Waals surface area contributed by atoms with E-state index in [2.05, 4.69) is 15.3 Å². The second-order valence-electron chi connectivity index (χ2n) is 4.12.